The van der Waals surface area contributed by atoms with Gasteiger partial charge < -0.3 is 14.2 Å². The summed E-state index contributed by atoms with van der Waals surface area (Å²) in [6.07, 6.45) is 54.1. The minimum absolute atomic E-state index is 0.0813. The highest BCUT2D eigenvalue weighted by Crippen LogP contribution is 2.14. The Labute approximate surface area is 359 Å². The van der Waals surface area contributed by atoms with E-state index < -0.39 is 6.10 Å². The Bertz CT molecular complexity index is 984. The van der Waals surface area contributed by atoms with Crippen molar-refractivity contribution in [3.8, 4) is 0 Å². The van der Waals surface area contributed by atoms with Crippen LogP contribution in [0.3, 0.4) is 0 Å². The third-order valence-corrected chi connectivity index (χ3v) is 10.8. The first-order valence-electron chi connectivity index (χ1n) is 25.0. The maximum Gasteiger partial charge on any atom is 0.306 e. The fourth-order valence-corrected chi connectivity index (χ4v) is 7.01. The number of allylic oxidation sites excluding steroid dienone is 6. The van der Waals surface area contributed by atoms with Gasteiger partial charge in [0.25, 0.3) is 0 Å². The lowest BCUT2D eigenvalue weighted by Crippen LogP contribution is -2.30. The van der Waals surface area contributed by atoms with E-state index in [4.69, 9.17) is 14.2 Å². The van der Waals surface area contributed by atoms with Crippen LogP contribution in [0, 0.1) is 0 Å². The first kappa shape index (κ1) is 55.6. The Morgan fingerprint density at radius 2 is 0.569 bits per heavy atom. The lowest BCUT2D eigenvalue weighted by atomic mass is 10.1. The van der Waals surface area contributed by atoms with E-state index in [1.54, 1.807) is 0 Å². The highest BCUT2D eigenvalue weighted by atomic mass is 16.6. The van der Waals surface area contributed by atoms with Crippen LogP contribution in [0.5, 0.6) is 0 Å². The van der Waals surface area contributed by atoms with Gasteiger partial charge in [-0.25, -0.2) is 0 Å². The molecule has 0 unspecified atom stereocenters. The van der Waals surface area contributed by atoms with Gasteiger partial charge in [-0.05, 0) is 96.3 Å². The smallest absolute Gasteiger partial charge is 0.306 e. The minimum atomic E-state index is -0.779. The average molecular weight is 815 g/mol. The Balaban J connectivity index is 4.39. The van der Waals surface area contributed by atoms with E-state index in [0.717, 1.165) is 83.5 Å². The molecule has 0 spiro atoms. The summed E-state index contributed by atoms with van der Waals surface area (Å²) in [5.41, 5.74) is 0. The molecular weight excluding hydrogens is 721 g/mol. The zero-order valence-electron chi connectivity index (χ0n) is 38.6. The van der Waals surface area contributed by atoms with Gasteiger partial charge in [0.2, 0.25) is 0 Å². The van der Waals surface area contributed by atoms with Crippen molar-refractivity contribution >= 4 is 17.9 Å². The van der Waals surface area contributed by atoms with E-state index in [-0.39, 0.29) is 31.1 Å². The second kappa shape index (κ2) is 47.3. The molecule has 0 fully saturated rings. The Morgan fingerprint density at radius 1 is 0.328 bits per heavy atom. The Kier molecular flexibility index (Phi) is 45.4. The van der Waals surface area contributed by atoms with Crippen molar-refractivity contribution < 1.29 is 28.6 Å². The molecule has 0 aromatic heterocycles. The lowest BCUT2D eigenvalue weighted by molar-refractivity contribution is -0.167. The van der Waals surface area contributed by atoms with Gasteiger partial charge >= 0.3 is 17.9 Å². The molecule has 0 saturated heterocycles. The van der Waals surface area contributed by atoms with Crippen LogP contribution in [0.2, 0.25) is 0 Å². The molecule has 1 atom stereocenters. The second-order valence-corrected chi connectivity index (χ2v) is 16.7. The van der Waals surface area contributed by atoms with Crippen LogP contribution >= 0.6 is 0 Å². The second-order valence-electron chi connectivity index (χ2n) is 16.7. The highest BCUT2D eigenvalue weighted by Gasteiger charge is 2.19. The fourth-order valence-electron chi connectivity index (χ4n) is 7.01. The molecule has 338 valence electrons. The number of ether oxygens (including phenoxy) is 3. The topological polar surface area (TPSA) is 78.9 Å². The standard InChI is InChI=1S/C52H94O6/c1-4-7-10-13-16-19-22-25-26-28-30-33-36-39-42-45-51(54)57-48-49(47-56-50(53)44-41-38-35-32-29-24-21-18-15-12-9-6-3)58-52(55)46-43-40-37-34-31-27-23-20-17-14-11-8-5-2/h18,20-21,23,25-26,49H,4-17,19,22,24,27-48H2,1-3H3/b21-18-,23-20-,26-25-/t49-/m1/s1. The monoisotopic (exact) mass is 815 g/mol. The molecule has 0 amide bonds. The van der Waals surface area contributed by atoms with Gasteiger partial charge in [0.15, 0.2) is 6.10 Å². The van der Waals surface area contributed by atoms with Crippen molar-refractivity contribution in [1.82, 2.24) is 0 Å². The number of rotatable bonds is 45. The quantitative estimate of drug-likeness (QED) is 0.0264. The van der Waals surface area contributed by atoms with Gasteiger partial charge in [0.05, 0.1) is 0 Å². The number of hydrogen-bond donors (Lipinski definition) is 0. The van der Waals surface area contributed by atoms with E-state index in [2.05, 4.69) is 57.2 Å². The molecule has 0 saturated carbocycles. The maximum absolute atomic E-state index is 12.7. The maximum atomic E-state index is 12.7. The molecule has 0 aliphatic heterocycles. The van der Waals surface area contributed by atoms with Gasteiger partial charge in [-0.2, -0.15) is 0 Å². The van der Waals surface area contributed by atoms with Crippen LogP contribution in [-0.2, 0) is 28.6 Å². The molecule has 0 heterocycles. The Morgan fingerprint density at radius 3 is 0.914 bits per heavy atom. The van der Waals surface area contributed by atoms with Gasteiger partial charge in [0, 0.05) is 19.3 Å². The Hall–Kier alpha value is -2.37. The molecule has 0 N–H and O–H groups in total. The highest BCUT2D eigenvalue weighted by molar-refractivity contribution is 5.71. The zero-order valence-corrected chi connectivity index (χ0v) is 38.6. The molecule has 0 aromatic carbocycles. The largest absolute Gasteiger partial charge is 0.462 e. The normalized spacial score (nSPS) is 12.3. The number of esters is 3. The molecular formula is C52H94O6. The first-order chi connectivity index (χ1) is 28.5. The van der Waals surface area contributed by atoms with Crippen molar-refractivity contribution in [2.75, 3.05) is 13.2 Å². The fraction of sp³-hybridized carbons (Fsp3) is 0.827. The van der Waals surface area contributed by atoms with E-state index in [1.807, 2.05) is 0 Å². The summed E-state index contributed by atoms with van der Waals surface area (Å²) in [5, 5.41) is 0. The molecule has 0 aliphatic rings. The van der Waals surface area contributed by atoms with Crippen molar-refractivity contribution in [3.63, 3.8) is 0 Å². The van der Waals surface area contributed by atoms with Crippen molar-refractivity contribution in [1.29, 1.82) is 0 Å². The lowest BCUT2D eigenvalue weighted by Gasteiger charge is -2.18. The van der Waals surface area contributed by atoms with Gasteiger partial charge in [-0.15, -0.1) is 0 Å². The molecule has 0 rings (SSSR count). The summed E-state index contributed by atoms with van der Waals surface area (Å²) in [6.45, 7) is 6.58. The molecule has 0 radical (unpaired) electrons. The summed E-state index contributed by atoms with van der Waals surface area (Å²) in [6, 6.07) is 0. The van der Waals surface area contributed by atoms with E-state index in [0.29, 0.717) is 19.3 Å². The van der Waals surface area contributed by atoms with Crippen LogP contribution in [0.1, 0.15) is 258 Å². The van der Waals surface area contributed by atoms with Crippen LogP contribution < -0.4 is 0 Å². The third kappa shape index (κ3) is 44.7. The number of carbonyl (C=O) groups is 3. The average Bonchev–Trinajstić information content (AvgIpc) is 3.22. The number of unbranched alkanes of at least 4 members (excludes halogenated alkanes) is 28. The van der Waals surface area contributed by atoms with Crippen molar-refractivity contribution in [2.24, 2.45) is 0 Å². The molecule has 6 nitrogen and oxygen atoms in total. The zero-order chi connectivity index (χ0) is 42.3. The van der Waals surface area contributed by atoms with Gasteiger partial charge in [0.1, 0.15) is 13.2 Å². The van der Waals surface area contributed by atoms with E-state index >= 15 is 0 Å². The summed E-state index contributed by atoms with van der Waals surface area (Å²) in [5.74, 6) is -0.901. The third-order valence-electron chi connectivity index (χ3n) is 10.8. The summed E-state index contributed by atoms with van der Waals surface area (Å²) < 4.78 is 16.7. The van der Waals surface area contributed by atoms with Crippen molar-refractivity contribution in [2.45, 2.75) is 264 Å². The number of carbonyl (C=O) groups excluding carboxylic acids is 3. The molecule has 0 aromatic rings. The predicted molar refractivity (Wildman–Crippen MR) is 247 cm³/mol. The SMILES string of the molecule is CCCCC/C=C\CCCCCCCC(=O)OC[C@H](COC(=O)CCCCCCC/C=C\CCCCCCCC)OC(=O)CCCCCCC/C=C\CCCCCC. The van der Waals surface area contributed by atoms with Crippen molar-refractivity contribution in [3.05, 3.63) is 36.5 Å². The van der Waals surface area contributed by atoms with Gasteiger partial charge in [-0.3, -0.25) is 14.4 Å². The van der Waals surface area contributed by atoms with E-state index in [1.165, 1.54) is 135 Å². The molecule has 0 aliphatic carbocycles. The van der Waals surface area contributed by atoms with Crippen LogP contribution in [0.25, 0.3) is 0 Å². The molecule has 58 heavy (non-hydrogen) atoms. The first-order valence-corrected chi connectivity index (χ1v) is 25.0. The predicted octanol–water partition coefficient (Wildman–Crippen LogP) is 16.1. The van der Waals surface area contributed by atoms with Gasteiger partial charge in [-0.1, -0.05) is 179 Å². The number of hydrogen-bond acceptors (Lipinski definition) is 6. The minimum Gasteiger partial charge on any atom is -0.462 e. The van der Waals surface area contributed by atoms with E-state index in [9.17, 15) is 14.4 Å². The summed E-state index contributed by atoms with van der Waals surface area (Å²) in [7, 11) is 0. The summed E-state index contributed by atoms with van der Waals surface area (Å²) >= 11 is 0. The molecule has 6 heteroatoms. The molecule has 0 bridgehead atoms. The van der Waals surface area contributed by atoms with Crippen LogP contribution in [0.15, 0.2) is 36.5 Å². The summed E-state index contributed by atoms with van der Waals surface area (Å²) in [4.78, 5) is 37.9. The van der Waals surface area contributed by atoms with Crippen LogP contribution in [0.4, 0.5) is 0 Å². The van der Waals surface area contributed by atoms with Crippen LogP contribution in [-0.4, -0.2) is 37.2 Å².